The number of nitrogens with zero attached hydrogens (tertiary/aromatic N) is 3. The fraction of sp³-hybridized carbons (Fsp3) is 0.650. The van der Waals surface area contributed by atoms with Crippen molar-refractivity contribution in [3.05, 3.63) is 35.4 Å². The lowest BCUT2D eigenvalue weighted by Gasteiger charge is -2.34. The molecule has 1 aliphatic rings. The molecule has 0 aromatic heterocycles. The van der Waals surface area contributed by atoms with Gasteiger partial charge in [0.05, 0.1) is 6.54 Å². The van der Waals surface area contributed by atoms with Crippen molar-refractivity contribution in [3.8, 4) is 0 Å². The van der Waals surface area contributed by atoms with Crippen molar-refractivity contribution in [2.75, 3.05) is 57.8 Å². The zero-order valence-electron chi connectivity index (χ0n) is 17.0. The molecule has 1 aromatic rings. The Morgan fingerprint density at radius 3 is 2.33 bits per heavy atom. The number of nitrogens with one attached hydrogen (secondary N) is 2. The number of piperazine rings is 1. The van der Waals surface area contributed by atoms with Gasteiger partial charge in [0.1, 0.15) is 0 Å². The van der Waals surface area contributed by atoms with Crippen LogP contribution in [0, 0.1) is 0 Å². The zero-order chi connectivity index (χ0) is 18.6. The summed E-state index contributed by atoms with van der Waals surface area (Å²) in [6.45, 7) is 13.8. The molecule has 0 unspecified atom stereocenters. The number of guanidine groups is 1. The Balaban J connectivity index is 0.00000364. The van der Waals surface area contributed by atoms with Gasteiger partial charge in [-0.1, -0.05) is 31.2 Å². The van der Waals surface area contributed by atoms with Crippen LogP contribution in [0.1, 0.15) is 25.0 Å². The summed E-state index contributed by atoms with van der Waals surface area (Å²) in [5.41, 5.74) is 2.73. The highest BCUT2D eigenvalue weighted by Gasteiger charge is 2.16. The molecule has 5 nitrogen and oxygen atoms in total. The third kappa shape index (κ3) is 9.02. The summed E-state index contributed by atoms with van der Waals surface area (Å²) in [6.07, 6.45) is 2.13. The first kappa shape index (κ1) is 24.5. The van der Waals surface area contributed by atoms with E-state index >= 15 is 0 Å². The number of halogens is 1. The van der Waals surface area contributed by atoms with Gasteiger partial charge in [-0.3, -0.25) is 4.90 Å². The van der Waals surface area contributed by atoms with Crippen LogP contribution in [0.5, 0.6) is 0 Å². The maximum Gasteiger partial charge on any atom is 0.191 e. The first-order valence-electron chi connectivity index (χ1n) is 9.79. The van der Waals surface area contributed by atoms with E-state index in [-0.39, 0.29) is 24.0 Å². The van der Waals surface area contributed by atoms with Gasteiger partial charge in [0, 0.05) is 51.6 Å². The van der Waals surface area contributed by atoms with Crippen LogP contribution in [0.2, 0.25) is 0 Å². The summed E-state index contributed by atoms with van der Waals surface area (Å²) in [5.74, 6) is 2.00. The Morgan fingerprint density at radius 2 is 1.70 bits per heavy atom. The summed E-state index contributed by atoms with van der Waals surface area (Å²) in [4.78, 5) is 9.88. The third-order valence-electron chi connectivity index (χ3n) is 4.77. The molecule has 154 valence electrons. The van der Waals surface area contributed by atoms with Crippen LogP contribution in [0.4, 0.5) is 0 Å². The first-order valence-corrected chi connectivity index (χ1v) is 11.2. The van der Waals surface area contributed by atoms with Gasteiger partial charge in [-0.2, -0.15) is 11.8 Å². The summed E-state index contributed by atoms with van der Waals surface area (Å²) >= 11 is 1.85. The Hall–Kier alpha value is -0.510. The van der Waals surface area contributed by atoms with E-state index in [1.54, 1.807) is 0 Å². The molecule has 0 radical (unpaired) electrons. The average molecular weight is 506 g/mol. The summed E-state index contributed by atoms with van der Waals surface area (Å²) in [5, 5.41) is 6.74. The molecule has 0 aliphatic carbocycles. The van der Waals surface area contributed by atoms with Crippen molar-refractivity contribution in [1.29, 1.82) is 0 Å². The summed E-state index contributed by atoms with van der Waals surface area (Å²) in [6, 6.07) is 8.74. The lowest BCUT2D eigenvalue weighted by Crippen LogP contribution is -2.45. The molecule has 27 heavy (non-hydrogen) atoms. The third-order valence-corrected chi connectivity index (χ3v) is 5.39. The number of likely N-dealkylation sites (N-methyl/N-ethyl adjacent to an activating group) is 1. The normalized spacial score (nSPS) is 16.0. The molecular formula is C20H36IN5S. The number of thioether (sulfide) groups is 1. The van der Waals surface area contributed by atoms with Crippen molar-refractivity contribution < 1.29 is 0 Å². The van der Waals surface area contributed by atoms with E-state index in [1.807, 2.05) is 11.8 Å². The van der Waals surface area contributed by atoms with Gasteiger partial charge >= 0.3 is 0 Å². The number of aliphatic imine (C=N–C) groups is 1. The van der Waals surface area contributed by atoms with Crippen molar-refractivity contribution >= 4 is 41.7 Å². The van der Waals surface area contributed by atoms with Gasteiger partial charge < -0.3 is 15.5 Å². The van der Waals surface area contributed by atoms with Gasteiger partial charge in [-0.05, 0) is 30.9 Å². The number of hydrogen-bond donors (Lipinski definition) is 2. The second-order valence-electron chi connectivity index (χ2n) is 6.59. The largest absolute Gasteiger partial charge is 0.357 e. The van der Waals surface area contributed by atoms with Crippen LogP contribution in [-0.4, -0.2) is 73.6 Å². The van der Waals surface area contributed by atoms with Gasteiger partial charge in [0.25, 0.3) is 0 Å². The molecule has 0 spiro atoms. The predicted molar refractivity (Wildman–Crippen MR) is 130 cm³/mol. The minimum Gasteiger partial charge on any atom is -0.357 e. The molecule has 1 heterocycles. The highest BCUT2D eigenvalue weighted by molar-refractivity contribution is 14.0. The predicted octanol–water partition coefficient (Wildman–Crippen LogP) is 2.86. The smallest absolute Gasteiger partial charge is 0.191 e. The molecular weight excluding hydrogens is 469 g/mol. The van der Waals surface area contributed by atoms with Crippen LogP contribution in [-0.2, 0) is 13.1 Å². The fourth-order valence-corrected chi connectivity index (χ4v) is 3.45. The topological polar surface area (TPSA) is 42.9 Å². The molecule has 0 saturated carbocycles. The first-order chi connectivity index (χ1) is 12.8. The molecule has 1 fully saturated rings. The van der Waals surface area contributed by atoms with Crippen LogP contribution in [0.15, 0.2) is 29.3 Å². The van der Waals surface area contributed by atoms with E-state index in [9.17, 15) is 0 Å². The lowest BCUT2D eigenvalue weighted by atomic mass is 10.1. The minimum absolute atomic E-state index is 0. The van der Waals surface area contributed by atoms with E-state index < -0.39 is 0 Å². The summed E-state index contributed by atoms with van der Waals surface area (Å²) in [7, 11) is 0. The van der Waals surface area contributed by atoms with Crippen LogP contribution in [0.3, 0.4) is 0 Å². The molecule has 1 aliphatic heterocycles. The SMILES string of the molecule is CCNC(=NCc1ccccc1CN1CCN(CC)CC1)NCCSC.I. The molecule has 1 saturated heterocycles. The second kappa shape index (κ2) is 14.5. The van der Waals surface area contributed by atoms with Crippen LogP contribution in [0.25, 0.3) is 0 Å². The van der Waals surface area contributed by atoms with Crippen molar-refractivity contribution in [2.45, 2.75) is 26.9 Å². The van der Waals surface area contributed by atoms with E-state index in [0.717, 1.165) is 57.5 Å². The van der Waals surface area contributed by atoms with E-state index in [4.69, 9.17) is 4.99 Å². The monoisotopic (exact) mass is 505 g/mol. The van der Waals surface area contributed by atoms with E-state index in [1.165, 1.54) is 24.2 Å². The highest BCUT2D eigenvalue weighted by atomic mass is 127. The molecule has 0 bridgehead atoms. The van der Waals surface area contributed by atoms with E-state index in [0.29, 0.717) is 0 Å². The quantitative estimate of drug-likeness (QED) is 0.234. The molecule has 0 amide bonds. The molecule has 0 atom stereocenters. The molecule has 1 aromatic carbocycles. The highest BCUT2D eigenvalue weighted by Crippen LogP contribution is 2.14. The maximum absolute atomic E-state index is 4.79. The van der Waals surface area contributed by atoms with Crippen molar-refractivity contribution in [2.24, 2.45) is 4.99 Å². The molecule has 2 rings (SSSR count). The number of rotatable bonds is 9. The standard InChI is InChI=1S/C20H35N5S.HI/c1-4-21-20(22-10-15-26-3)23-16-18-8-6-7-9-19(18)17-25-13-11-24(5-2)12-14-25;/h6-9H,4-5,10-17H2,1-3H3,(H2,21,22,23);1H. The van der Waals surface area contributed by atoms with Crippen LogP contribution < -0.4 is 10.6 Å². The van der Waals surface area contributed by atoms with Gasteiger partial charge in [-0.15, -0.1) is 24.0 Å². The second-order valence-corrected chi connectivity index (χ2v) is 7.58. The zero-order valence-corrected chi connectivity index (χ0v) is 20.2. The Bertz CT molecular complexity index is 547. The fourth-order valence-electron chi connectivity index (χ4n) is 3.15. The Labute approximate surface area is 186 Å². The Morgan fingerprint density at radius 1 is 1.04 bits per heavy atom. The number of benzene rings is 1. The lowest BCUT2D eigenvalue weighted by molar-refractivity contribution is 0.131. The average Bonchev–Trinajstić information content (AvgIpc) is 2.68. The Kier molecular flexibility index (Phi) is 13.2. The minimum atomic E-state index is 0. The maximum atomic E-state index is 4.79. The number of hydrogen-bond acceptors (Lipinski definition) is 4. The van der Waals surface area contributed by atoms with Gasteiger partial charge in [0.15, 0.2) is 5.96 Å². The van der Waals surface area contributed by atoms with E-state index in [2.05, 4.69) is 64.8 Å². The van der Waals surface area contributed by atoms with Crippen molar-refractivity contribution in [3.63, 3.8) is 0 Å². The molecule has 7 heteroatoms. The molecule has 2 N–H and O–H groups in total. The van der Waals surface area contributed by atoms with Gasteiger partial charge in [0.2, 0.25) is 0 Å². The summed E-state index contributed by atoms with van der Waals surface area (Å²) < 4.78 is 0. The van der Waals surface area contributed by atoms with Gasteiger partial charge in [-0.25, -0.2) is 4.99 Å². The van der Waals surface area contributed by atoms with Crippen LogP contribution >= 0.6 is 35.7 Å². The van der Waals surface area contributed by atoms with Crippen molar-refractivity contribution in [1.82, 2.24) is 20.4 Å².